The van der Waals surface area contributed by atoms with Crippen LogP contribution < -0.4 is 4.90 Å². The van der Waals surface area contributed by atoms with Gasteiger partial charge < -0.3 is 4.90 Å². The summed E-state index contributed by atoms with van der Waals surface area (Å²) in [6.45, 7) is 1.43. The lowest BCUT2D eigenvalue weighted by Gasteiger charge is -2.34. The Morgan fingerprint density at radius 3 is 2.33 bits per heavy atom. The molecule has 0 bridgehead atoms. The van der Waals surface area contributed by atoms with E-state index in [0.717, 1.165) is 23.1 Å². The highest BCUT2D eigenvalue weighted by Gasteiger charge is 2.30. The standard InChI is InChI=1S/C20H19N5O4S/c26-25(27)17-7-4-8-18(13-17)30(28,29)24-11-9-23(10-12-24)20-14-19(21-15-22-20)16-5-2-1-3-6-16/h1-8,13-15H,9-12H2. The molecule has 0 amide bonds. The third-order valence-corrected chi connectivity index (χ3v) is 6.85. The SMILES string of the molecule is O=[N+]([O-])c1cccc(S(=O)(=O)N2CCN(c3cc(-c4ccccc4)ncn3)CC2)c1. The molecule has 30 heavy (non-hydrogen) atoms. The van der Waals surface area contributed by atoms with Crippen molar-refractivity contribution in [3.05, 3.63) is 77.1 Å². The van der Waals surface area contributed by atoms with Gasteiger partial charge in [0, 0.05) is 49.9 Å². The number of non-ortho nitro benzene ring substituents is 1. The zero-order valence-electron chi connectivity index (χ0n) is 16.0. The quantitative estimate of drug-likeness (QED) is 0.456. The monoisotopic (exact) mass is 425 g/mol. The van der Waals surface area contributed by atoms with Crippen LogP contribution in [0.25, 0.3) is 11.3 Å². The molecule has 1 aliphatic heterocycles. The number of sulfonamides is 1. The summed E-state index contributed by atoms with van der Waals surface area (Å²) in [6, 6.07) is 16.8. The van der Waals surface area contributed by atoms with Gasteiger partial charge in [-0.15, -0.1) is 0 Å². The second-order valence-electron chi connectivity index (χ2n) is 6.77. The van der Waals surface area contributed by atoms with Crippen molar-refractivity contribution in [1.29, 1.82) is 0 Å². The molecule has 4 rings (SSSR count). The van der Waals surface area contributed by atoms with Crippen molar-refractivity contribution >= 4 is 21.5 Å². The third-order valence-electron chi connectivity index (χ3n) is 4.95. The van der Waals surface area contributed by atoms with Crippen LogP contribution in [0.3, 0.4) is 0 Å². The van der Waals surface area contributed by atoms with Gasteiger partial charge in [-0.2, -0.15) is 4.31 Å². The van der Waals surface area contributed by atoms with Gasteiger partial charge >= 0.3 is 0 Å². The Hall–Kier alpha value is -3.37. The van der Waals surface area contributed by atoms with E-state index in [4.69, 9.17) is 0 Å². The topological polar surface area (TPSA) is 110 Å². The lowest BCUT2D eigenvalue weighted by atomic mass is 10.1. The highest BCUT2D eigenvalue weighted by Crippen LogP contribution is 2.24. The van der Waals surface area contributed by atoms with Crippen molar-refractivity contribution in [3.63, 3.8) is 0 Å². The number of hydrogen-bond acceptors (Lipinski definition) is 7. The summed E-state index contributed by atoms with van der Waals surface area (Å²) in [5.41, 5.74) is 1.53. The molecule has 1 aromatic heterocycles. The summed E-state index contributed by atoms with van der Waals surface area (Å²) in [5.74, 6) is 0.733. The van der Waals surface area contributed by atoms with Gasteiger partial charge in [0.15, 0.2) is 0 Å². The fraction of sp³-hybridized carbons (Fsp3) is 0.200. The number of piperazine rings is 1. The van der Waals surface area contributed by atoms with Gasteiger partial charge in [0.2, 0.25) is 10.0 Å². The van der Waals surface area contributed by atoms with Gasteiger partial charge in [-0.1, -0.05) is 36.4 Å². The minimum atomic E-state index is -3.81. The summed E-state index contributed by atoms with van der Waals surface area (Å²) in [7, 11) is -3.81. The molecule has 2 aromatic carbocycles. The average Bonchev–Trinajstić information content (AvgIpc) is 2.80. The molecule has 0 aliphatic carbocycles. The zero-order valence-corrected chi connectivity index (χ0v) is 16.8. The molecule has 154 valence electrons. The van der Waals surface area contributed by atoms with Crippen molar-refractivity contribution in [2.24, 2.45) is 0 Å². The predicted molar refractivity (Wildman–Crippen MR) is 112 cm³/mol. The summed E-state index contributed by atoms with van der Waals surface area (Å²) in [5, 5.41) is 11.0. The Morgan fingerprint density at radius 2 is 1.63 bits per heavy atom. The number of aromatic nitrogens is 2. The molecule has 9 nitrogen and oxygen atoms in total. The normalized spacial score (nSPS) is 15.1. The van der Waals surface area contributed by atoms with Crippen LogP contribution in [0.4, 0.5) is 11.5 Å². The molecule has 10 heteroatoms. The third kappa shape index (κ3) is 4.00. The van der Waals surface area contributed by atoms with Gasteiger partial charge in [-0.25, -0.2) is 18.4 Å². The zero-order chi connectivity index (χ0) is 21.1. The largest absolute Gasteiger partial charge is 0.354 e. The van der Waals surface area contributed by atoms with Crippen molar-refractivity contribution in [1.82, 2.24) is 14.3 Å². The predicted octanol–water partition coefficient (Wildman–Crippen LogP) is 2.56. The Kier molecular flexibility index (Phi) is 5.42. The van der Waals surface area contributed by atoms with Crippen LogP contribution in [0.5, 0.6) is 0 Å². The van der Waals surface area contributed by atoms with Crippen LogP contribution in [-0.4, -0.2) is 53.8 Å². The van der Waals surface area contributed by atoms with E-state index in [2.05, 4.69) is 9.97 Å². The molecule has 0 atom stereocenters. The highest BCUT2D eigenvalue weighted by molar-refractivity contribution is 7.89. The fourth-order valence-electron chi connectivity index (χ4n) is 3.35. The Balaban J connectivity index is 1.49. The second kappa shape index (κ2) is 8.17. The first kappa shape index (κ1) is 19.9. The maximum Gasteiger partial charge on any atom is 0.270 e. The van der Waals surface area contributed by atoms with E-state index in [-0.39, 0.29) is 23.7 Å². The van der Waals surface area contributed by atoms with E-state index in [1.807, 2.05) is 41.3 Å². The Bertz CT molecular complexity index is 1160. The molecule has 2 heterocycles. The van der Waals surface area contributed by atoms with Gasteiger partial charge in [-0.05, 0) is 6.07 Å². The molecule has 0 N–H and O–H groups in total. The highest BCUT2D eigenvalue weighted by atomic mass is 32.2. The van der Waals surface area contributed by atoms with Gasteiger partial charge in [0.25, 0.3) is 5.69 Å². The fourth-order valence-corrected chi connectivity index (χ4v) is 4.81. The molecular weight excluding hydrogens is 406 g/mol. The summed E-state index contributed by atoms with van der Waals surface area (Å²) in [4.78, 5) is 21.0. The second-order valence-corrected chi connectivity index (χ2v) is 8.71. The number of hydrogen-bond donors (Lipinski definition) is 0. The number of nitro groups is 1. The molecule has 1 fully saturated rings. The van der Waals surface area contributed by atoms with Crippen molar-refractivity contribution in [3.8, 4) is 11.3 Å². The molecule has 1 saturated heterocycles. The van der Waals surface area contributed by atoms with Crippen molar-refractivity contribution < 1.29 is 13.3 Å². The number of rotatable bonds is 5. The number of anilines is 1. The van der Waals surface area contributed by atoms with Gasteiger partial charge in [0.05, 0.1) is 15.5 Å². The number of nitro benzene ring substituents is 1. The molecule has 0 spiro atoms. The minimum Gasteiger partial charge on any atom is -0.354 e. The number of nitrogens with zero attached hydrogens (tertiary/aromatic N) is 5. The van der Waals surface area contributed by atoms with Crippen LogP contribution >= 0.6 is 0 Å². The van der Waals surface area contributed by atoms with Crippen LogP contribution in [0, 0.1) is 10.1 Å². The number of benzene rings is 2. The van der Waals surface area contributed by atoms with E-state index >= 15 is 0 Å². The van der Waals surface area contributed by atoms with Crippen LogP contribution in [0.1, 0.15) is 0 Å². The molecule has 0 unspecified atom stereocenters. The van der Waals surface area contributed by atoms with Crippen LogP contribution in [0.15, 0.2) is 71.9 Å². The summed E-state index contributed by atoms with van der Waals surface area (Å²) in [6.07, 6.45) is 1.50. The molecule has 0 radical (unpaired) electrons. The maximum absolute atomic E-state index is 12.9. The van der Waals surface area contributed by atoms with E-state index in [9.17, 15) is 18.5 Å². The van der Waals surface area contributed by atoms with E-state index in [0.29, 0.717) is 13.1 Å². The van der Waals surface area contributed by atoms with E-state index < -0.39 is 14.9 Å². The van der Waals surface area contributed by atoms with Crippen molar-refractivity contribution in [2.75, 3.05) is 31.1 Å². The van der Waals surface area contributed by atoms with Crippen molar-refractivity contribution in [2.45, 2.75) is 4.90 Å². The smallest absolute Gasteiger partial charge is 0.270 e. The van der Waals surface area contributed by atoms with Crippen LogP contribution in [0.2, 0.25) is 0 Å². The first-order chi connectivity index (χ1) is 14.4. The van der Waals surface area contributed by atoms with E-state index in [1.165, 1.54) is 28.8 Å². The average molecular weight is 425 g/mol. The molecule has 1 aliphatic rings. The minimum absolute atomic E-state index is 0.0708. The van der Waals surface area contributed by atoms with Crippen LogP contribution in [-0.2, 0) is 10.0 Å². The summed E-state index contributed by atoms with van der Waals surface area (Å²) < 4.78 is 27.2. The maximum atomic E-state index is 12.9. The Labute approximate surface area is 173 Å². The first-order valence-electron chi connectivity index (χ1n) is 9.32. The molecular formula is C20H19N5O4S. The lowest BCUT2D eigenvalue weighted by Crippen LogP contribution is -2.48. The van der Waals surface area contributed by atoms with Gasteiger partial charge in [0.1, 0.15) is 12.1 Å². The lowest BCUT2D eigenvalue weighted by molar-refractivity contribution is -0.385. The molecule has 3 aromatic rings. The molecule has 0 saturated carbocycles. The van der Waals surface area contributed by atoms with Gasteiger partial charge in [-0.3, -0.25) is 10.1 Å². The first-order valence-corrected chi connectivity index (χ1v) is 10.8. The summed E-state index contributed by atoms with van der Waals surface area (Å²) >= 11 is 0. The Morgan fingerprint density at radius 1 is 0.900 bits per heavy atom. The van der Waals surface area contributed by atoms with E-state index in [1.54, 1.807) is 0 Å².